The molecule has 0 saturated carbocycles. The third kappa shape index (κ3) is 4.08. The lowest BCUT2D eigenvalue weighted by atomic mass is 10.1. The van der Waals surface area contributed by atoms with Crippen LogP contribution in [0.1, 0.15) is 19.4 Å². The smallest absolute Gasteiger partial charge is 0.344 e. The molecule has 26 heavy (non-hydrogen) atoms. The zero-order chi connectivity index (χ0) is 19.4. The van der Waals surface area contributed by atoms with Crippen molar-refractivity contribution in [2.24, 2.45) is 0 Å². The third-order valence-corrected chi connectivity index (χ3v) is 4.59. The van der Waals surface area contributed by atoms with Gasteiger partial charge in [0.2, 0.25) is 0 Å². The molecule has 2 rings (SSSR count). The van der Waals surface area contributed by atoms with Gasteiger partial charge in [0.25, 0.3) is 11.1 Å². The van der Waals surface area contributed by atoms with Crippen LogP contribution in [0.3, 0.4) is 0 Å². The van der Waals surface area contributed by atoms with E-state index in [9.17, 15) is 14.4 Å². The third-order valence-electron chi connectivity index (χ3n) is 3.71. The first-order chi connectivity index (χ1) is 12.3. The number of carbonyl (C=O) groups is 3. The number of nitrogens with zero attached hydrogens (tertiary/aromatic N) is 1. The number of thioether (sulfide) groups is 1. The number of carbonyl (C=O) groups excluding carboxylic acids is 2. The second kappa shape index (κ2) is 8.09. The first-order valence-corrected chi connectivity index (χ1v) is 8.57. The molecular weight excluding hydrogens is 358 g/mol. The van der Waals surface area contributed by atoms with E-state index in [-0.39, 0.29) is 16.9 Å². The molecule has 0 aliphatic carbocycles. The van der Waals surface area contributed by atoms with E-state index in [4.69, 9.17) is 14.6 Å². The molecule has 1 fully saturated rings. The van der Waals surface area contributed by atoms with Gasteiger partial charge in [-0.1, -0.05) is 12.1 Å². The van der Waals surface area contributed by atoms with Crippen LogP contribution in [0.4, 0.5) is 4.79 Å². The van der Waals surface area contributed by atoms with Crippen LogP contribution in [0, 0.1) is 0 Å². The first kappa shape index (κ1) is 19.6. The van der Waals surface area contributed by atoms with Gasteiger partial charge in [-0.15, -0.1) is 6.58 Å². The zero-order valence-electron chi connectivity index (χ0n) is 14.6. The molecule has 0 aromatic heterocycles. The number of hydrogen-bond acceptors (Lipinski definition) is 6. The number of carboxylic acid groups (broad SMARTS) is 1. The van der Waals surface area contributed by atoms with Gasteiger partial charge in [0.05, 0.1) is 18.1 Å². The standard InChI is InChI=1S/C18H19NO6S/c1-5-10(2)19-16(20)15(26-18(19)23)9-12-6-7-13(14(8-12)24-4)25-11(3)17(21)22/h5-11H,1H2,2-4H3,(H,21,22)/b15-9-/t10-,11+/m0/s1. The summed E-state index contributed by atoms with van der Waals surface area (Å²) in [6.45, 7) is 6.73. The minimum absolute atomic E-state index is 0.271. The highest BCUT2D eigenvalue weighted by atomic mass is 32.2. The molecule has 7 nitrogen and oxygen atoms in total. The molecule has 1 aliphatic rings. The number of amides is 2. The number of carboxylic acids is 1. The number of rotatable bonds is 7. The quantitative estimate of drug-likeness (QED) is 0.576. The summed E-state index contributed by atoms with van der Waals surface area (Å²) in [6.07, 6.45) is 2.07. The molecule has 1 aliphatic heterocycles. The Balaban J connectivity index is 2.28. The minimum atomic E-state index is -1.10. The van der Waals surface area contributed by atoms with Gasteiger partial charge in [0.15, 0.2) is 17.6 Å². The second-order valence-corrected chi connectivity index (χ2v) is 6.53. The van der Waals surface area contributed by atoms with Crippen molar-refractivity contribution in [2.45, 2.75) is 26.0 Å². The van der Waals surface area contributed by atoms with E-state index in [0.717, 1.165) is 16.7 Å². The molecule has 0 bridgehead atoms. The van der Waals surface area contributed by atoms with Gasteiger partial charge in [-0.3, -0.25) is 14.5 Å². The highest BCUT2D eigenvalue weighted by Crippen LogP contribution is 2.35. The van der Waals surface area contributed by atoms with Crippen molar-refractivity contribution in [3.05, 3.63) is 41.3 Å². The van der Waals surface area contributed by atoms with E-state index in [0.29, 0.717) is 16.2 Å². The van der Waals surface area contributed by atoms with Crippen molar-refractivity contribution in [3.8, 4) is 11.5 Å². The molecule has 8 heteroatoms. The van der Waals surface area contributed by atoms with E-state index < -0.39 is 18.1 Å². The van der Waals surface area contributed by atoms with Crippen LogP contribution in [0.15, 0.2) is 35.8 Å². The van der Waals surface area contributed by atoms with Crippen molar-refractivity contribution in [1.29, 1.82) is 0 Å². The van der Waals surface area contributed by atoms with E-state index in [1.54, 1.807) is 31.2 Å². The van der Waals surface area contributed by atoms with Gasteiger partial charge in [0.1, 0.15) is 0 Å². The molecule has 1 aromatic rings. The molecule has 1 saturated heterocycles. The average molecular weight is 377 g/mol. The molecule has 1 aromatic carbocycles. The lowest BCUT2D eigenvalue weighted by Gasteiger charge is -2.17. The summed E-state index contributed by atoms with van der Waals surface area (Å²) >= 11 is 0.854. The molecule has 1 N–H and O–H groups in total. The van der Waals surface area contributed by atoms with Gasteiger partial charge >= 0.3 is 5.97 Å². The lowest BCUT2D eigenvalue weighted by Crippen LogP contribution is -2.35. The summed E-state index contributed by atoms with van der Waals surface area (Å²) in [5.41, 5.74) is 0.619. The topological polar surface area (TPSA) is 93.1 Å². The molecule has 2 amide bonds. The summed E-state index contributed by atoms with van der Waals surface area (Å²) in [6, 6.07) is 4.42. The van der Waals surface area contributed by atoms with Crippen LogP contribution in [-0.4, -0.2) is 46.4 Å². The molecule has 0 unspecified atom stereocenters. The molecule has 1 heterocycles. The van der Waals surface area contributed by atoms with E-state index in [1.807, 2.05) is 0 Å². The number of aliphatic carboxylic acids is 1. The van der Waals surface area contributed by atoms with Gasteiger partial charge < -0.3 is 14.6 Å². The fourth-order valence-electron chi connectivity index (χ4n) is 2.20. The number of benzene rings is 1. The summed E-state index contributed by atoms with van der Waals surface area (Å²) in [5.74, 6) is -0.884. The predicted octanol–water partition coefficient (Wildman–Crippen LogP) is 3.16. The van der Waals surface area contributed by atoms with Crippen LogP contribution in [-0.2, 0) is 9.59 Å². The van der Waals surface area contributed by atoms with Gasteiger partial charge in [-0.2, -0.15) is 0 Å². The highest BCUT2D eigenvalue weighted by Gasteiger charge is 2.37. The van der Waals surface area contributed by atoms with Crippen LogP contribution in [0.2, 0.25) is 0 Å². The maximum absolute atomic E-state index is 12.4. The normalized spacial score (nSPS) is 18.0. The first-order valence-electron chi connectivity index (χ1n) is 7.75. The van der Waals surface area contributed by atoms with Crippen LogP contribution in [0.25, 0.3) is 6.08 Å². The fraction of sp³-hybridized carbons (Fsp3) is 0.278. The maximum atomic E-state index is 12.4. The largest absolute Gasteiger partial charge is 0.493 e. The summed E-state index contributed by atoms with van der Waals surface area (Å²) in [5, 5.41) is 8.58. The predicted molar refractivity (Wildman–Crippen MR) is 98.2 cm³/mol. The van der Waals surface area contributed by atoms with Gasteiger partial charge in [-0.05, 0) is 49.4 Å². The Bertz CT molecular complexity index is 788. The monoisotopic (exact) mass is 377 g/mol. The maximum Gasteiger partial charge on any atom is 0.344 e. The van der Waals surface area contributed by atoms with E-state index >= 15 is 0 Å². The highest BCUT2D eigenvalue weighted by molar-refractivity contribution is 8.18. The second-order valence-electron chi connectivity index (χ2n) is 5.54. The number of ether oxygens (including phenoxy) is 2. The molecule has 138 valence electrons. The number of hydrogen-bond donors (Lipinski definition) is 1. The fourth-order valence-corrected chi connectivity index (χ4v) is 3.12. The molecule has 0 radical (unpaired) electrons. The lowest BCUT2D eigenvalue weighted by molar-refractivity contribution is -0.144. The van der Waals surface area contributed by atoms with E-state index in [2.05, 4.69) is 6.58 Å². The Morgan fingerprint density at radius 1 is 1.31 bits per heavy atom. The average Bonchev–Trinajstić information content (AvgIpc) is 2.88. The van der Waals surface area contributed by atoms with Crippen molar-refractivity contribution < 1.29 is 29.0 Å². The molecule has 0 spiro atoms. The van der Waals surface area contributed by atoms with Crippen molar-refractivity contribution in [3.63, 3.8) is 0 Å². The number of imide groups is 1. The zero-order valence-corrected chi connectivity index (χ0v) is 15.4. The Kier molecular flexibility index (Phi) is 6.10. The van der Waals surface area contributed by atoms with Crippen LogP contribution >= 0.6 is 11.8 Å². The van der Waals surface area contributed by atoms with Crippen LogP contribution < -0.4 is 9.47 Å². The van der Waals surface area contributed by atoms with Crippen molar-refractivity contribution in [2.75, 3.05) is 7.11 Å². The SMILES string of the molecule is C=C[C@H](C)N1C(=O)S/C(=C\c2ccc(O[C@H](C)C(=O)O)c(OC)c2)C1=O. The van der Waals surface area contributed by atoms with Gasteiger partial charge in [-0.25, -0.2) is 4.79 Å². The van der Waals surface area contributed by atoms with Gasteiger partial charge in [0, 0.05) is 0 Å². The summed E-state index contributed by atoms with van der Waals surface area (Å²) < 4.78 is 10.6. The van der Waals surface area contributed by atoms with Crippen molar-refractivity contribution >= 4 is 35.0 Å². The van der Waals surface area contributed by atoms with Crippen LogP contribution in [0.5, 0.6) is 11.5 Å². The Morgan fingerprint density at radius 3 is 2.58 bits per heavy atom. The molecular formula is C18H19NO6S. The molecule has 2 atom stereocenters. The Morgan fingerprint density at radius 2 is 2.00 bits per heavy atom. The Labute approximate surface area is 155 Å². The number of methoxy groups -OCH3 is 1. The Hall–Kier alpha value is -2.74. The summed E-state index contributed by atoms with van der Waals surface area (Å²) in [7, 11) is 1.43. The summed E-state index contributed by atoms with van der Waals surface area (Å²) in [4.78, 5) is 36.8. The van der Waals surface area contributed by atoms with E-state index in [1.165, 1.54) is 20.1 Å². The minimum Gasteiger partial charge on any atom is -0.493 e. The van der Waals surface area contributed by atoms with Crippen molar-refractivity contribution in [1.82, 2.24) is 4.90 Å².